The van der Waals surface area contributed by atoms with Crippen LogP contribution >= 0.6 is 34.9 Å². The molecule has 1 spiro atoms. The van der Waals surface area contributed by atoms with Crippen molar-refractivity contribution < 1.29 is 19.1 Å². The number of hydrogen-bond acceptors (Lipinski definition) is 8. The van der Waals surface area contributed by atoms with Crippen LogP contribution in [0.5, 0.6) is 0 Å². The first-order valence-electron chi connectivity index (χ1n) is 6.12. The van der Waals surface area contributed by atoms with Gasteiger partial charge < -0.3 is 9.47 Å². The van der Waals surface area contributed by atoms with Crippen molar-refractivity contribution in [2.75, 3.05) is 0 Å². The van der Waals surface area contributed by atoms with Crippen molar-refractivity contribution in [1.82, 2.24) is 14.1 Å². The molecule has 2 saturated heterocycles. The lowest BCUT2D eigenvalue weighted by Crippen LogP contribution is -2.59. The van der Waals surface area contributed by atoms with Crippen molar-refractivity contribution in [3.63, 3.8) is 0 Å². The summed E-state index contributed by atoms with van der Waals surface area (Å²) in [7, 11) is 0. The fourth-order valence-corrected chi connectivity index (χ4v) is 4.18. The van der Waals surface area contributed by atoms with Gasteiger partial charge >= 0.3 is 11.9 Å². The molecule has 3 unspecified atom stereocenters. The van der Waals surface area contributed by atoms with Gasteiger partial charge in [-0.3, -0.25) is 5.32 Å². The summed E-state index contributed by atoms with van der Waals surface area (Å²) in [6, 6.07) is -0.205. The first-order chi connectivity index (χ1) is 10.0. The molecule has 4 aliphatic rings. The molecule has 5 heterocycles. The van der Waals surface area contributed by atoms with Crippen LogP contribution in [0.2, 0.25) is 5.15 Å². The number of carbonyl (C=O) groups is 2. The highest BCUT2D eigenvalue weighted by atomic mass is 35.5. The van der Waals surface area contributed by atoms with Gasteiger partial charge in [-0.25, -0.2) is 9.59 Å². The zero-order valence-electron chi connectivity index (χ0n) is 10.3. The Balaban J connectivity index is 1.96. The summed E-state index contributed by atoms with van der Waals surface area (Å²) in [6.45, 7) is 0. The number of carbonyl (C=O) groups excluding carboxylic acids is 2. The molecule has 5 rings (SSSR count). The smallest absolute Gasteiger partial charge is 0.419 e. The van der Waals surface area contributed by atoms with Gasteiger partial charge in [-0.05, 0) is 6.42 Å². The van der Waals surface area contributed by atoms with Crippen LogP contribution in [-0.2, 0) is 19.1 Å². The standard InChI is InChI=1S/C11H7Cl2N3O4S/c12-5-4(6-8(13)16-21-15-6)11-2-1-3(14-11)7(5)19-9(17)10(18)20-11/h3,7,14H,1-2H2. The third-order valence-corrected chi connectivity index (χ3v) is 5.13. The predicted molar refractivity (Wildman–Crippen MR) is 72.6 cm³/mol. The zero-order chi connectivity index (χ0) is 14.8. The van der Waals surface area contributed by atoms with Gasteiger partial charge in [0.2, 0.25) is 0 Å². The highest BCUT2D eigenvalue weighted by Gasteiger charge is 2.58. The molecule has 1 aromatic rings. The van der Waals surface area contributed by atoms with E-state index in [1.807, 2.05) is 0 Å². The molecule has 3 atom stereocenters. The SMILES string of the molecule is O=C1OC2C(Cl)=C(c3nsnc3Cl)C3(CCC2N3)OC1=O. The molecule has 7 nitrogen and oxygen atoms in total. The number of rotatable bonds is 1. The lowest BCUT2D eigenvalue weighted by Gasteiger charge is -2.40. The first-order valence-corrected chi connectivity index (χ1v) is 7.61. The third kappa shape index (κ3) is 1.76. The second-order valence-electron chi connectivity index (χ2n) is 4.96. The molecule has 0 aliphatic carbocycles. The van der Waals surface area contributed by atoms with E-state index in [-0.39, 0.29) is 16.2 Å². The van der Waals surface area contributed by atoms with Gasteiger partial charge in [0, 0.05) is 6.42 Å². The number of esters is 2. The van der Waals surface area contributed by atoms with Gasteiger partial charge in [-0.1, -0.05) is 23.2 Å². The fourth-order valence-electron chi connectivity index (χ4n) is 3.00. The molecule has 110 valence electrons. The zero-order valence-corrected chi connectivity index (χ0v) is 12.6. The van der Waals surface area contributed by atoms with Gasteiger partial charge in [0.15, 0.2) is 17.0 Å². The number of fused-ring (bicyclic) bond motifs is 3. The summed E-state index contributed by atoms with van der Waals surface area (Å²) in [4.78, 5) is 23.4. The molecule has 0 amide bonds. The third-order valence-electron chi connectivity index (χ3n) is 3.84. The maximum absolute atomic E-state index is 11.8. The lowest BCUT2D eigenvalue weighted by atomic mass is 9.94. The first kappa shape index (κ1) is 13.4. The highest BCUT2D eigenvalue weighted by molar-refractivity contribution is 6.99. The fraction of sp³-hybridized carbons (Fsp3) is 0.455. The van der Waals surface area contributed by atoms with Crippen LogP contribution in [0.4, 0.5) is 0 Å². The average molecular weight is 348 g/mol. The second-order valence-corrected chi connectivity index (χ2v) is 6.25. The minimum absolute atomic E-state index is 0.168. The van der Waals surface area contributed by atoms with Crippen LogP contribution < -0.4 is 5.32 Å². The Kier molecular flexibility index (Phi) is 2.81. The quantitative estimate of drug-likeness (QED) is 0.600. The Morgan fingerprint density at radius 1 is 1.29 bits per heavy atom. The Bertz CT molecular complexity index is 705. The summed E-state index contributed by atoms with van der Waals surface area (Å²) in [5, 5.41) is 3.61. The van der Waals surface area contributed by atoms with Gasteiger partial charge in [0.1, 0.15) is 5.69 Å². The van der Waals surface area contributed by atoms with E-state index in [2.05, 4.69) is 14.1 Å². The molecule has 3 bridgehead atoms. The molecular formula is C11H7Cl2N3O4S. The van der Waals surface area contributed by atoms with E-state index in [1.165, 1.54) is 0 Å². The van der Waals surface area contributed by atoms with Gasteiger partial charge in [-0.2, -0.15) is 8.75 Å². The molecule has 0 saturated carbocycles. The molecular weight excluding hydrogens is 341 g/mol. The van der Waals surface area contributed by atoms with Gasteiger partial charge in [0.05, 0.1) is 28.4 Å². The largest absolute Gasteiger partial charge is 0.446 e. The Morgan fingerprint density at radius 3 is 2.81 bits per heavy atom. The summed E-state index contributed by atoms with van der Waals surface area (Å²) >= 11 is 13.4. The van der Waals surface area contributed by atoms with Crippen LogP contribution in [0.25, 0.3) is 5.57 Å². The van der Waals surface area contributed by atoms with Crippen LogP contribution in [0.1, 0.15) is 18.5 Å². The summed E-state index contributed by atoms with van der Waals surface area (Å²) < 4.78 is 18.5. The topological polar surface area (TPSA) is 90.4 Å². The van der Waals surface area contributed by atoms with Crippen LogP contribution in [0, 0.1) is 0 Å². The van der Waals surface area contributed by atoms with Crippen LogP contribution in [0.15, 0.2) is 5.03 Å². The molecule has 1 aromatic heterocycles. The normalized spacial score (nSPS) is 34.6. The summed E-state index contributed by atoms with van der Waals surface area (Å²) in [5.74, 6) is -2.11. The number of nitrogens with zero attached hydrogens (tertiary/aromatic N) is 2. The molecule has 0 aromatic carbocycles. The van der Waals surface area contributed by atoms with E-state index < -0.39 is 23.8 Å². The van der Waals surface area contributed by atoms with Crippen LogP contribution in [-0.4, -0.2) is 38.6 Å². The molecule has 0 radical (unpaired) electrons. The van der Waals surface area contributed by atoms with E-state index in [9.17, 15) is 9.59 Å². The van der Waals surface area contributed by atoms with Gasteiger partial charge in [-0.15, -0.1) is 0 Å². The van der Waals surface area contributed by atoms with Crippen molar-refractivity contribution in [2.24, 2.45) is 0 Å². The van der Waals surface area contributed by atoms with Crippen molar-refractivity contribution in [3.8, 4) is 0 Å². The minimum atomic E-state index is -1.20. The molecule has 4 aliphatic heterocycles. The highest BCUT2D eigenvalue weighted by Crippen LogP contribution is 2.49. The van der Waals surface area contributed by atoms with E-state index in [4.69, 9.17) is 32.7 Å². The number of hydrogen-bond donors (Lipinski definition) is 1. The van der Waals surface area contributed by atoms with Crippen molar-refractivity contribution in [3.05, 3.63) is 15.9 Å². The summed E-state index contributed by atoms with van der Waals surface area (Å²) in [6.07, 6.45) is 0.339. The van der Waals surface area contributed by atoms with E-state index in [0.717, 1.165) is 11.7 Å². The minimum Gasteiger partial charge on any atom is -0.446 e. The number of ether oxygens (including phenoxy) is 2. The molecule has 1 N–H and O–H groups in total. The summed E-state index contributed by atoms with van der Waals surface area (Å²) in [5.41, 5.74) is -0.438. The number of nitrogens with one attached hydrogen (secondary N) is 1. The Morgan fingerprint density at radius 2 is 2.10 bits per heavy atom. The molecule has 2 fully saturated rings. The van der Waals surface area contributed by atoms with Crippen molar-refractivity contribution >= 4 is 52.4 Å². The number of halogens is 2. The maximum atomic E-state index is 11.8. The monoisotopic (exact) mass is 347 g/mol. The van der Waals surface area contributed by atoms with Crippen molar-refractivity contribution in [2.45, 2.75) is 30.7 Å². The Labute approximate surface area is 132 Å². The number of aromatic nitrogens is 2. The van der Waals surface area contributed by atoms with Crippen LogP contribution in [0.3, 0.4) is 0 Å². The second kappa shape index (κ2) is 4.39. The Hall–Kier alpha value is -1.22. The van der Waals surface area contributed by atoms with E-state index >= 15 is 0 Å². The van der Waals surface area contributed by atoms with Crippen molar-refractivity contribution in [1.29, 1.82) is 0 Å². The van der Waals surface area contributed by atoms with E-state index in [1.54, 1.807) is 0 Å². The molecule has 21 heavy (non-hydrogen) atoms. The maximum Gasteiger partial charge on any atom is 0.419 e. The molecule has 10 heteroatoms. The average Bonchev–Trinajstić information content (AvgIpc) is 3.01. The van der Waals surface area contributed by atoms with Gasteiger partial charge in [0.25, 0.3) is 0 Å². The predicted octanol–water partition coefficient (Wildman–Crippen LogP) is 1.07. The lowest BCUT2D eigenvalue weighted by molar-refractivity contribution is -0.182. The van der Waals surface area contributed by atoms with E-state index in [0.29, 0.717) is 24.1 Å².